The van der Waals surface area contributed by atoms with Crippen LogP contribution in [0.3, 0.4) is 0 Å². The summed E-state index contributed by atoms with van der Waals surface area (Å²) >= 11 is 1.31. The van der Waals surface area contributed by atoms with Gasteiger partial charge in [0.05, 0.1) is 0 Å². The van der Waals surface area contributed by atoms with Gasteiger partial charge < -0.3 is 15.4 Å². The molecule has 0 aliphatic carbocycles. The second-order valence-corrected chi connectivity index (χ2v) is 7.14. The molecule has 0 saturated heterocycles. The van der Waals surface area contributed by atoms with Crippen LogP contribution in [-0.4, -0.2) is 23.0 Å². The molecule has 3 aromatic rings. The van der Waals surface area contributed by atoms with E-state index in [1.165, 1.54) is 18.3 Å². The van der Waals surface area contributed by atoms with Gasteiger partial charge in [0, 0.05) is 17.6 Å². The quantitative estimate of drug-likeness (QED) is 0.585. The van der Waals surface area contributed by atoms with Gasteiger partial charge in [0.25, 0.3) is 5.91 Å². The molecule has 1 aromatic heterocycles. The SMILES string of the molecule is Cc1ccc(NC(=O)[C@H](C)OC(=O)c2csc(NCc3ccccc3)n2)cc1. The third kappa shape index (κ3) is 5.40. The van der Waals surface area contributed by atoms with Gasteiger partial charge in [0.1, 0.15) is 0 Å². The summed E-state index contributed by atoms with van der Waals surface area (Å²) in [7, 11) is 0. The van der Waals surface area contributed by atoms with E-state index in [-0.39, 0.29) is 5.69 Å². The van der Waals surface area contributed by atoms with Gasteiger partial charge in [-0.15, -0.1) is 11.3 Å². The number of aromatic nitrogens is 1. The van der Waals surface area contributed by atoms with Crippen LogP contribution in [0.5, 0.6) is 0 Å². The number of hydrogen-bond donors (Lipinski definition) is 2. The molecule has 3 rings (SSSR count). The standard InChI is InChI=1S/C21H21N3O3S/c1-14-8-10-17(11-9-14)23-19(25)15(2)27-20(26)18-13-28-21(24-18)22-12-16-6-4-3-5-7-16/h3-11,13,15H,12H2,1-2H3,(H,22,24)(H,23,25)/t15-/m0/s1. The molecule has 0 unspecified atom stereocenters. The number of nitrogens with zero attached hydrogens (tertiary/aromatic N) is 1. The Morgan fingerprint density at radius 3 is 2.54 bits per heavy atom. The van der Waals surface area contributed by atoms with E-state index in [9.17, 15) is 9.59 Å². The van der Waals surface area contributed by atoms with Crippen LogP contribution >= 0.6 is 11.3 Å². The average molecular weight is 395 g/mol. The summed E-state index contributed by atoms with van der Waals surface area (Å²) in [5.41, 5.74) is 3.04. The third-order valence-electron chi connectivity index (χ3n) is 3.97. The lowest BCUT2D eigenvalue weighted by Gasteiger charge is -2.13. The van der Waals surface area contributed by atoms with Crippen molar-refractivity contribution in [3.8, 4) is 0 Å². The first-order valence-corrected chi connectivity index (χ1v) is 9.71. The fourth-order valence-corrected chi connectivity index (χ4v) is 3.06. The number of carbonyl (C=O) groups is 2. The lowest BCUT2D eigenvalue weighted by Crippen LogP contribution is -2.30. The van der Waals surface area contributed by atoms with Crippen molar-refractivity contribution in [3.05, 3.63) is 76.8 Å². The van der Waals surface area contributed by atoms with Gasteiger partial charge in [-0.25, -0.2) is 9.78 Å². The molecule has 2 N–H and O–H groups in total. The van der Waals surface area contributed by atoms with Gasteiger partial charge in [-0.2, -0.15) is 0 Å². The van der Waals surface area contributed by atoms with E-state index in [4.69, 9.17) is 4.74 Å². The zero-order valence-electron chi connectivity index (χ0n) is 15.6. The molecule has 2 aromatic carbocycles. The first-order chi connectivity index (χ1) is 13.5. The highest BCUT2D eigenvalue weighted by Crippen LogP contribution is 2.18. The number of benzene rings is 2. The lowest BCUT2D eigenvalue weighted by atomic mass is 10.2. The molecule has 0 saturated carbocycles. The van der Waals surface area contributed by atoms with Gasteiger partial charge in [0.15, 0.2) is 16.9 Å². The maximum Gasteiger partial charge on any atom is 0.358 e. The number of anilines is 2. The highest BCUT2D eigenvalue weighted by Gasteiger charge is 2.21. The van der Waals surface area contributed by atoms with Crippen LogP contribution in [0, 0.1) is 6.92 Å². The minimum absolute atomic E-state index is 0.176. The van der Waals surface area contributed by atoms with Gasteiger partial charge in [-0.3, -0.25) is 4.79 Å². The number of nitrogens with one attached hydrogen (secondary N) is 2. The van der Waals surface area contributed by atoms with E-state index < -0.39 is 18.0 Å². The third-order valence-corrected chi connectivity index (χ3v) is 4.77. The van der Waals surface area contributed by atoms with Crippen LogP contribution in [0.4, 0.5) is 10.8 Å². The minimum Gasteiger partial charge on any atom is -0.448 e. The van der Waals surface area contributed by atoms with Crippen molar-refractivity contribution in [2.75, 3.05) is 10.6 Å². The predicted octanol–water partition coefficient (Wildman–Crippen LogP) is 4.25. The summed E-state index contributed by atoms with van der Waals surface area (Å²) in [4.78, 5) is 28.7. The van der Waals surface area contributed by atoms with Crippen molar-refractivity contribution in [2.45, 2.75) is 26.5 Å². The van der Waals surface area contributed by atoms with E-state index >= 15 is 0 Å². The lowest BCUT2D eigenvalue weighted by molar-refractivity contribution is -0.123. The fourth-order valence-electron chi connectivity index (χ4n) is 2.38. The molecular formula is C21H21N3O3S. The van der Waals surface area contributed by atoms with Crippen molar-refractivity contribution >= 4 is 34.0 Å². The topological polar surface area (TPSA) is 80.3 Å². The van der Waals surface area contributed by atoms with Gasteiger partial charge >= 0.3 is 5.97 Å². The number of rotatable bonds is 7. The number of hydrogen-bond acceptors (Lipinski definition) is 6. The van der Waals surface area contributed by atoms with Crippen LogP contribution in [0.15, 0.2) is 60.0 Å². The summed E-state index contributed by atoms with van der Waals surface area (Å²) in [5, 5.41) is 8.12. The Bertz CT molecular complexity index is 939. The molecule has 144 valence electrons. The second kappa shape index (κ2) is 9.14. The van der Waals surface area contributed by atoms with E-state index in [1.807, 2.05) is 49.4 Å². The number of amides is 1. The second-order valence-electron chi connectivity index (χ2n) is 6.28. The Hall–Kier alpha value is -3.19. The highest BCUT2D eigenvalue weighted by molar-refractivity contribution is 7.13. The Kier molecular flexibility index (Phi) is 6.39. The van der Waals surface area contributed by atoms with Crippen molar-refractivity contribution in [1.29, 1.82) is 0 Å². The van der Waals surface area contributed by atoms with Crippen LogP contribution in [-0.2, 0) is 16.1 Å². The fraction of sp³-hybridized carbons (Fsp3) is 0.190. The molecule has 0 aliphatic rings. The smallest absolute Gasteiger partial charge is 0.358 e. The van der Waals surface area contributed by atoms with Crippen molar-refractivity contribution < 1.29 is 14.3 Å². The largest absolute Gasteiger partial charge is 0.448 e. The van der Waals surface area contributed by atoms with Crippen molar-refractivity contribution in [3.63, 3.8) is 0 Å². The maximum absolute atomic E-state index is 12.3. The summed E-state index contributed by atoms with van der Waals surface area (Å²) < 4.78 is 5.24. The van der Waals surface area contributed by atoms with Crippen LogP contribution in [0.2, 0.25) is 0 Å². The number of thiazole rings is 1. The summed E-state index contributed by atoms with van der Waals surface area (Å²) in [5.74, 6) is -1.02. The van der Waals surface area contributed by atoms with Crippen LogP contribution < -0.4 is 10.6 Å². The van der Waals surface area contributed by atoms with Gasteiger partial charge in [-0.05, 0) is 31.5 Å². The average Bonchev–Trinajstić information content (AvgIpc) is 3.18. The Balaban J connectivity index is 1.51. The summed E-state index contributed by atoms with van der Waals surface area (Å²) in [6.45, 7) is 4.10. The van der Waals surface area contributed by atoms with E-state index in [0.29, 0.717) is 17.4 Å². The van der Waals surface area contributed by atoms with Crippen LogP contribution in [0.1, 0.15) is 28.5 Å². The molecule has 0 aliphatic heterocycles. The van der Waals surface area contributed by atoms with E-state index in [1.54, 1.807) is 17.5 Å². The molecule has 0 spiro atoms. The summed E-state index contributed by atoms with van der Waals surface area (Å²) in [6.07, 6.45) is -0.934. The molecule has 0 fully saturated rings. The zero-order valence-corrected chi connectivity index (χ0v) is 16.5. The van der Waals surface area contributed by atoms with Crippen molar-refractivity contribution in [2.24, 2.45) is 0 Å². The summed E-state index contributed by atoms with van der Waals surface area (Å²) in [6, 6.07) is 17.3. The number of carbonyl (C=O) groups excluding carboxylic acids is 2. The number of esters is 1. The molecule has 1 atom stereocenters. The molecule has 7 heteroatoms. The molecule has 0 radical (unpaired) electrons. The predicted molar refractivity (Wildman–Crippen MR) is 111 cm³/mol. The van der Waals surface area contributed by atoms with Gasteiger partial charge in [0.2, 0.25) is 0 Å². The molecule has 1 heterocycles. The normalized spacial score (nSPS) is 11.5. The monoisotopic (exact) mass is 395 g/mol. The zero-order chi connectivity index (χ0) is 19.9. The van der Waals surface area contributed by atoms with Crippen LogP contribution in [0.25, 0.3) is 0 Å². The van der Waals surface area contributed by atoms with Crippen molar-refractivity contribution in [1.82, 2.24) is 4.98 Å². The number of ether oxygens (including phenoxy) is 1. The Labute approximate surface area is 167 Å². The molecule has 6 nitrogen and oxygen atoms in total. The minimum atomic E-state index is -0.934. The Morgan fingerprint density at radius 1 is 1.11 bits per heavy atom. The molecular weight excluding hydrogens is 374 g/mol. The molecule has 28 heavy (non-hydrogen) atoms. The number of aryl methyl sites for hydroxylation is 1. The maximum atomic E-state index is 12.3. The van der Waals surface area contributed by atoms with E-state index in [0.717, 1.165) is 11.1 Å². The van der Waals surface area contributed by atoms with E-state index in [2.05, 4.69) is 15.6 Å². The molecule has 1 amide bonds. The first-order valence-electron chi connectivity index (χ1n) is 8.83. The highest BCUT2D eigenvalue weighted by atomic mass is 32.1. The van der Waals surface area contributed by atoms with Gasteiger partial charge in [-0.1, -0.05) is 48.0 Å². The molecule has 0 bridgehead atoms. The first kappa shape index (κ1) is 19.6. The Morgan fingerprint density at radius 2 is 1.82 bits per heavy atom.